The van der Waals surface area contributed by atoms with Gasteiger partial charge in [0.25, 0.3) is 0 Å². The summed E-state index contributed by atoms with van der Waals surface area (Å²) in [7, 11) is 0. The van der Waals surface area contributed by atoms with Crippen molar-refractivity contribution >= 4 is 23.2 Å². The number of benzene rings is 1. The smallest absolute Gasteiger partial charge is 0.378 e. The molecule has 1 heterocycles. The first-order valence-electron chi connectivity index (χ1n) is 6.34. The first kappa shape index (κ1) is 16.1. The largest absolute Gasteiger partial charge is 0.416 e. The van der Waals surface area contributed by atoms with E-state index in [4.69, 9.17) is 16.3 Å². The van der Waals surface area contributed by atoms with Crippen LogP contribution in [0, 0.1) is 0 Å². The highest BCUT2D eigenvalue weighted by molar-refractivity contribution is 6.33. The Bertz CT molecular complexity index is 517. The quantitative estimate of drug-likeness (QED) is 0.899. The number of hydrogen-bond donors (Lipinski definition) is 2. The molecule has 1 amide bonds. The molecule has 1 saturated heterocycles. The molecule has 0 aromatic heterocycles. The number of morpholine rings is 1. The summed E-state index contributed by atoms with van der Waals surface area (Å²) in [6.07, 6.45) is -4.38. The van der Waals surface area contributed by atoms with E-state index < -0.39 is 17.6 Å². The summed E-state index contributed by atoms with van der Waals surface area (Å²) in [6.45, 7) is 1.61. The van der Waals surface area contributed by atoms with E-state index >= 15 is 0 Å². The van der Waals surface area contributed by atoms with Crippen LogP contribution in [0.5, 0.6) is 0 Å². The highest BCUT2D eigenvalue weighted by Gasteiger charge is 2.31. The topological polar surface area (TPSA) is 50.4 Å². The van der Waals surface area contributed by atoms with E-state index in [2.05, 4.69) is 10.6 Å². The van der Waals surface area contributed by atoms with E-state index in [1.165, 1.54) is 0 Å². The van der Waals surface area contributed by atoms with Crippen LogP contribution < -0.4 is 10.6 Å². The predicted octanol–water partition coefficient (Wildman–Crippen LogP) is 2.68. The van der Waals surface area contributed by atoms with Gasteiger partial charge in [-0.15, -0.1) is 0 Å². The number of rotatable bonds is 3. The molecule has 21 heavy (non-hydrogen) atoms. The molecule has 8 heteroatoms. The molecule has 1 aliphatic rings. The van der Waals surface area contributed by atoms with E-state index in [1.54, 1.807) is 0 Å². The van der Waals surface area contributed by atoms with Crippen molar-refractivity contribution in [2.45, 2.75) is 18.6 Å². The van der Waals surface area contributed by atoms with Crippen molar-refractivity contribution in [3.63, 3.8) is 0 Å². The minimum atomic E-state index is -4.48. The predicted molar refractivity (Wildman–Crippen MR) is 72.3 cm³/mol. The van der Waals surface area contributed by atoms with Crippen LogP contribution in [0.15, 0.2) is 18.2 Å². The van der Waals surface area contributed by atoms with E-state index in [-0.39, 0.29) is 23.2 Å². The fraction of sp³-hybridized carbons (Fsp3) is 0.462. The molecule has 2 N–H and O–H groups in total. The van der Waals surface area contributed by atoms with Gasteiger partial charge in [-0.1, -0.05) is 11.6 Å². The number of anilines is 1. The Balaban J connectivity index is 2.02. The third-order valence-corrected chi connectivity index (χ3v) is 3.33. The van der Waals surface area contributed by atoms with Gasteiger partial charge in [0.2, 0.25) is 5.91 Å². The lowest BCUT2D eigenvalue weighted by atomic mass is 10.1. The second-order valence-electron chi connectivity index (χ2n) is 4.67. The Hall–Kier alpha value is -1.31. The number of alkyl halides is 3. The van der Waals surface area contributed by atoms with Crippen molar-refractivity contribution in [1.82, 2.24) is 5.32 Å². The average molecular weight is 323 g/mol. The first-order chi connectivity index (χ1) is 9.86. The van der Waals surface area contributed by atoms with Gasteiger partial charge in [0.1, 0.15) is 0 Å². The van der Waals surface area contributed by atoms with Gasteiger partial charge >= 0.3 is 6.18 Å². The molecule has 116 valence electrons. The number of carbonyl (C=O) groups excluding carboxylic acids is 1. The SMILES string of the molecule is O=C(CC1COCCN1)Nc1cc(C(F)(F)F)ccc1Cl. The zero-order valence-corrected chi connectivity index (χ0v) is 11.7. The molecule has 0 saturated carbocycles. The molecule has 1 aromatic carbocycles. The van der Waals surface area contributed by atoms with Gasteiger partial charge in [0.15, 0.2) is 0 Å². The molecule has 0 bridgehead atoms. The van der Waals surface area contributed by atoms with Crippen molar-refractivity contribution in [3.8, 4) is 0 Å². The Morgan fingerprint density at radius 2 is 2.24 bits per heavy atom. The summed E-state index contributed by atoms with van der Waals surface area (Å²) in [5, 5.41) is 5.55. The monoisotopic (exact) mass is 322 g/mol. The maximum Gasteiger partial charge on any atom is 0.416 e. The van der Waals surface area contributed by atoms with Crippen molar-refractivity contribution in [2.24, 2.45) is 0 Å². The number of carbonyl (C=O) groups is 1. The van der Waals surface area contributed by atoms with Crippen LogP contribution >= 0.6 is 11.6 Å². The van der Waals surface area contributed by atoms with Crippen LogP contribution in [0.25, 0.3) is 0 Å². The van der Waals surface area contributed by atoms with Crippen LogP contribution in [0.2, 0.25) is 5.02 Å². The number of nitrogens with one attached hydrogen (secondary N) is 2. The van der Waals surface area contributed by atoms with Gasteiger partial charge in [-0.05, 0) is 18.2 Å². The maximum absolute atomic E-state index is 12.6. The Morgan fingerprint density at radius 1 is 1.48 bits per heavy atom. The lowest BCUT2D eigenvalue weighted by Crippen LogP contribution is -2.43. The number of hydrogen-bond acceptors (Lipinski definition) is 3. The first-order valence-corrected chi connectivity index (χ1v) is 6.72. The molecular weight excluding hydrogens is 309 g/mol. The molecule has 0 radical (unpaired) electrons. The molecule has 1 aliphatic heterocycles. The van der Waals surface area contributed by atoms with Crippen molar-refractivity contribution < 1.29 is 22.7 Å². The summed E-state index contributed by atoms with van der Waals surface area (Å²) < 4.78 is 43.1. The Morgan fingerprint density at radius 3 is 2.86 bits per heavy atom. The highest BCUT2D eigenvalue weighted by atomic mass is 35.5. The second-order valence-corrected chi connectivity index (χ2v) is 5.08. The van der Waals surface area contributed by atoms with E-state index in [9.17, 15) is 18.0 Å². The van der Waals surface area contributed by atoms with Gasteiger partial charge in [-0.2, -0.15) is 13.2 Å². The van der Waals surface area contributed by atoms with Gasteiger partial charge in [-0.25, -0.2) is 0 Å². The van der Waals surface area contributed by atoms with Gasteiger partial charge in [0.05, 0.1) is 29.5 Å². The van der Waals surface area contributed by atoms with Crippen LogP contribution in [0.3, 0.4) is 0 Å². The fourth-order valence-corrected chi connectivity index (χ4v) is 2.14. The third kappa shape index (κ3) is 4.59. The molecule has 1 atom stereocenters. The number of ether oxygens (including phenoxy) is 1. The molecule has 1 aromatic rings. The molecule has 4 nitrogen and oxygen atoms in total. The van der Waals surface area contributed by atoms with Crippen molar-refractivity contribution in [3.05, 3.63) is 28.8 Å². The number of halogens is 4. The Labute approximate surface area is 124 Å². The normalized spacial score (nSPS) is 19.3. The standard InChI is InChI=1S/C13H14ClF3N2O2/c14-10-2-1-8(13(15,16)17)5-11(10)19-12(20)6-9-7-21-4-3-18-9/h1-2,5,9,18H,3-4,6-7H2,(H,19,20). The third-order valence-electron chi connectivity index (χ3n) is 3.00. The van der Waals surface area contributed by atoms with Gasteiger partial charge < -0.3 is 15.4 Å². The average Bonchev–Trinajstić information content (AvgIpc) is 2.41. The van der Waals surface area contributed by atoms with E-state index in [1.807, 2.05) is 0 Å². The van der Waals surface area contributed by atoms with Crippen LogP contribution in [0.1, 0.15) is 12.0 Å². The molecule has 0 spiro atoms. The van der Waals surface area contributed by atoms with E-state index in [0.717, 1.165) is 18.2 Å². The van der Waals surface area contributed by atoms with Gasteiger partial charge in [0, 0.05) is 19.0 Å². The molecule has 1 fully saturated rings. The molecule has 2 rings (SSSR count). The van der Waals surface area contributed by atoms with Gasteiger partial charge in [-0.3, -0.25) is 4.79 Å². The lowest BCUT2D eigenvalue weighted by Gasteiger charge is -2.23. The fourth-order valence-electron chi connectivity index (χ4n) is 1.97. The highest BCUT2D eigenvalue weighted by Crippen LogP contribution is 2.33. The van der Waals surface area contributed by atoms with Crippen LogP contribution in [-0.2, 0) is 15.7 Å². The van der Waals surface area contributed by atoms with E-state index in [0.29, 0.717) is 19.8 Å². The molecule has 0 aliphatic carbocycles. The molecular formula is C13H14ClF3N2O2. The zero-order valence-electron chi connectivity index (χ0n) is 11.0. The molecule has 1 unspecified atom stereocenters. The number of amides is 1. The summed E-state index contributed by atoms with van der Waals surface area (Å²) in [5.41, 5.74) is -0.908. The van der Waals surface area contributed by atoms with Crippen LogP contribution in [-0.4, -0.2) is 31.7 Å². The summed E-state index contributed by atoms with van der Waals surface area (Å²) in [5.74, 6) is -0.417. The minimum absolute atomic E-state index is 0.0479. The maximum atomic E-state index is 12.6. The summed E-state index contributed by atoms with van der Waals surface area (Å²) in [4.78, 5) is 11.8. The van der Waals surface area contributed by atoms with Crippen LogP contribution in [0.4, 0.5) is 18.9 Å². The lowest BCUT2D eigenvalue weighted by molar-refractivity contribution is -0.137. The minimum Gasteiger partial charge on any atom is -0.378 e. The van der Waals surface area contributed by atoms with Crippen molar-refractivity contribution in [1.29, 1.82) is 0 Å². The Kier molecular flexibility index (Phi) is 5.08. The van der Waals surface area contributed by atoms with Crippen molar-refractivity contribution in [2.75, 3.05) is 25.1 Å². The summed E-state index contributed by atoms with van der Waals surface area (Å²) >= 11 is 5.81. The summed E-state index contributed by atoms with van der Waals surface area (Å²) in [6, 6.07) is 2.66. The second kappa shape index (κ2) is 6.64. The zero-order chi connectivity index (χ0) is 15.5.